The normalized spacial score (nSPS) is 11.1. The van der Waals surface area contributed by atoms with Crippen molar-refractivity contribution in [2.24, 2.45) is 5.92 Å². The third-order valence-electron chi connectivity index (χ3n) is 2.02. The third-order valence-corrected chi connectivity index (χ3v) is 2.02. The van der Waals surface area contributed by atoms with Gasteiger partial charge >= 0.3 is 0 Å². The molecule has 1 aromatic rings. The highest BCUT2D eigenvalue weighted by Crippen LogP contribution is 1.93. The van der Waals surface area contributed by atoms with Crippen LogP contribution in [0.5, 0.6) is 0 Å². The Balaban J connectivity index is 1.90. The molecule has 0 aromatic carbocycles. The molecule has 1 rings (SSSR count). The molecule has 4 nitrogen and oxygen atoms in total. The highest BCUT2D eigenvalue weighted by atomic mass is 15.4. The Morgan fingerprint density at radius 3 is 2.86 bits per heavy atom. The van der Waals surface area contributed by atoms with Crippen LogP contribution in [0.2, 0.25) is 0 Å². The maximum Gasteiger partial charge on any atom is 0.0692 e. The Bertz CT molecular complexity index is 218. The van der Waals surface area contributed by atoms with Crippen LogP contribution in [0.1, 0.15) is 26.7 Å². The van der Waals surface area contributed by atoms with Crippen LogP contribution in [0.15, 0.2) is 12.4 Å². The van der Waals surface area contributed by atoms with Crippen LogP contribution in [0.4, 0.5) is 0 Å². The average Bonchev–Trinajstić information content (AvgIpc) is 2.63. The molecule has 0 fully saturated rings. The highest BCUT2D eigenvalue weighted by Gasteiger charge is 1.94. The second-order valence-corrected chi connectivity index (χ2v) is 3.97. The molecule has 1 heterocycles. The molecule has 0 bridgehead atoms. The lowest BCUT2D eigenvalue weighted by Crippen LogP contribution is -2.20. The van der Waals surface area contributed by atoms with E-state index >= 15 is 0 Å². The quantitative estimate of drug-likeness (QED) is 0.668. The molecule has 0 aliphatic rings. The van der Waals surface area contributed by atoms with Gasteiger partial charge in [-0.3, -0.25) is 4.68 Å². The van der Waals surface area contributed by atoms with Gasteiger partial charge < -0.3 is 5.32 Å². The van der Waals surface area contributed by atoms with Gasteiger partial charge in [0, 0.05) is 12.7 Å². The van der Waals surface area contributed by atoms with Crippen LogP contribution in [0, 0.1) is 5.92 Å². The Hall–Kier alpha value is -0.900. The van der Waals surface area contributed by atoms with Crippen molar-refractivity contribution in [1.82, 2.24) is 20.3 Å². The summed E-state index contributed by atoms with van der Waals surface area (Å²) in [6, 6.07) is 0. The van der Waals surface area contributed by atoms with Crippen molar-refractivity contribution >= 4 is 0 Å². The molecule has 80 valence electrons. The lowest BCUT2D eigenvalue weighted by molar-refractivity contribution is 0.500. The van der Waals surface area contributed by atoms with E-state index in [4.69, 9.17) is 0 Å². The first-order chi connectivity index (χ1) is 6.79. The Kier molecular flexibility index (Phi) is 5.22. The first-order valence-electron chi connectivity index (χ1n) is 5.34. The first-order valence-corrected chi connectivity index (χ1v) is 5.34. The zero-order valence-corrected chi connectivity index (χ0v) is 9.11. The zero-order chi connectivity index (χ0) is 10.2. The molecule has 0 atom stereocenters. The zero-order valence-electron chi connectivity index (χ0n) is 9.11. The number of hydrogen-bond acceptors (Lipinski definition) is 3. The largest absolute Gasteiger partial charge is 0.316 e. The summed E-state index contributed by atoms with van der Waals surface area (Å²) in [5.74, 6) is 0.741. The Labute approximate surface area is 85.7 Å². The van der Waals surface area contributed by atoms with Gasteiger partial charge in [0.1, 0.15) is 0 Å². The number of unbranched alkanes of at least 4 members (excludes halogenated alkanes) is 1. The number of rotatable bonds is 7. The van der Waals surface area contributed by atoms with Gasteiger partial charge in [0.15, 0.2) is 0 Å². The van der Waals surface area contributed by atoms with Crippen molar-refractivity contribution in [3.8, 4) is 0 Å². The maximum atomic E-state index is 3.91. The number of nitrogens with one attached hydrogen (secondary N) is 1. The van der Waals surface area contributed by atoms with Gasteiger partial charge in [0.2, 0.25) is 0 Å². The van der Waals surface area contributed by atoms with E-state index in [0.29, 0.717) is 0 Å². The van der Waals surface area contributed by atoms with Crippen molar-refractivity contribution < 1.29 is 0 Å². The predicted molar refractivity (Wildman–Crippen MR) is 57.0 cm³/mol. The minimum absolute atomic E-state index is 0.741. The molecule has 0 aliphatic heterocycles. The second-order valence-electron chi connectivity index (χ2n) is 3.97. The summed E-state index contributed by atoms with van der Waals surface area (Å²) in [5, 5.41) is 11.1. The van der Waals surface area contributed by atoms with Crippen molar-refractivity contribution in [2.75, 3.05) is 13.1 Å². The van der Waals surface area contributed by atoms with Gasteiger partial charge in [-0.1, -0.05) is 19.1 Å². The van der Waals surface area contributed by atoms with Crippen molar-refractivity contribution in [2.45, 2.75) is 33.2 Å². The summed E-state index contributed by atoms with van der Waals surface area (Å²) >= 11 is 0. The van der Waals surface area contributed by atoms with Gasteiger partial charge in [-0.15, -0.1) is 5.10 Å². The van der Waals surface area contributed by atoms with Crippen LogP contribution >= 0.6 is 0 Å². The average molecular weight is 196 g/mol. The molecular formula is C10H20N4. The monoisotopic (exact) mass is 196 g/mol. The summed E-state index contributed by atoms with van der Waals surface area (Å²) < 4.78 is 1.88. The summed E-state index contributed by atoms with van der Waals surface area (Å²) in [5.41, 5.74) is 0. The third kappa shape index (κ3) is 4.97. The van der Waals surface area contributed by atoms with Crippen molar-refractivity contribution in [3.63, 3.8) is 0 Å². The SMILES string of the molecule is CC(C)CNCCCCn1ccnn1. The molecule has 0 saturated heterocycles. The van der Waals surface area contributed by atoms with E-state index < -0.39 is 0 Å². The number of aryl methyl sites for hydroxylation is 1. The number of aromatic nitrogens is 3. The Morgan fingerprint density at radius 1 is 1.36 bits per heavy atom. The van der Waals surface area contributed by atoms with Gasteiger partial charge in [-0.25, -0.2) is 0 Å². The van der Waals surface area contributed by atoms with Crippen LogP contribution in [0.3, 0.4) is 0 Å². The molecule has 14 heavy (non-hydrogen) atoms. The molecule has 0 spiro atoms. The minimum Gasteiger partial charge on any atom is -0.316 e. The van der Waals surface area contributed by atoms with Crippen molar-refractivity contribution in [1.29, 1.82) is 0 Å². The van der Waals surface area contributed by atoms with E-state index in [9.17, 15) is 0 Å². The van der Waals surface area contributed by atoms with Crippen LogP contribution in [-0.4, -0.2) is 28.1 Å². The van der Waals surface area contributed by atoms with Gasteiger partial charge in [-0.05, 0) is 31.8 Å². The topological polar surface area (TPSA) is 42.7 Å². The minimum atomic E-state index is 0.741. The molecule has 0 saturated carbocycles. The first kappa shape index (κ1) is 11.2. The van der Waals surface area contributed by atoms with Crippen LogP contribution in [-0.2, 0) is 6.54 Å². The molecule has 0 unspecified atom stereocenters. The van der Waals surface area contributed by atoms with E-state index in [1.807, 2.05) is 10.9 Å². The highest BCUT2D eigenvalue weighted by molar-refractivity contribution is 4.63. The predicted octanol–water partition coefficient (Wildman–Crippen LogP) is 1.30. The van der Waals surface area contributed by atoms with E-state index in [0.717, 1.165) is 32.0 Å². The van der Waals surface area contributed by atoms with E-state index in [1.54, 1.807) is 6.20 Å². The molecular weight excluding hydrogens is 176 g/mol. The van der Waals surface area contributed by atoms with E-state index in [1.165, 1.54) is 6.42 Å². The summed E-state index contributed by atoms with van der Waals surface area (Å²) in [7, 11) is 0. The summed E-state index contributed by atoms with van der Waals surface area (Å²) in [6.45, 7) is 7.64. The van der Waals surface area contributed by atoms with Gasteiger partial charge in [0.05, 0.1) is 6.20 Å². The molecule has 0 radical (unpaired) electrons. The Morgan fingerprint density at radius 2 is 2.21 bits per heavy atom. The number of nitrogens with zero attached hydrogens (tertiary/aromatic N) is 3. The molecule has 0 amide bonds. The molecule has 1 aromatic heterocycles. The van der Waals surface area contributed by atoms with Crippen molar-refractivity contribution in [3.05, 3.63) is 12.4 Å². The molecule has 1 N–H and O–H groups in total. The maximum absolute atomic E-state index is 3.91. The summed E-state index contributed by atoms with van der Waals surface area (Å²) in [6.07, 6.45) is 5.99. The molecule has 0 aliphatic carbocycles. The van der Waals surface area contributed by atoms with E-state index in [-0.39, 0.29) is 0 Å². The molecule has 4 heteroatoms. The fourth-order valence-electron chi connectivity index (χ4n) is 1.27. The summed E-state index contributed by atoms with van der Waals surface area (Å²) in [4.78, 5) is 0. The fraction of sp³-hybridized carbons (Fsp3) is 0.800. The standard InChI is InChI=1S/C10H20N4/c1-10(2)9-11-5-3-4-7-14-8-6-12-13-14/h6,8,10-11H,3-5,7,9H2,1-2H3. The lowest BCUT2D eigenvalue weighted by Gasteiger charge is -2.06. The lowest BCUT2D eigenvalue weighted by atomic mass is 10.2. The number of hydrogen-bond donors (Lipinski definition) is 1. The smallest absolute Gasteiger partial charge is 0.0692 e. The van der Waals surface area contributed by atoms with Gasteiger partial charge in [0.25, 0.3) is 0 Å². The second kappa shape index (κ2) is 6.54. The van der Waals surface area contributed by atoms with Crippen LogP contribution < -0.4 is 5.32 Å². The fourth-order valence-corrected chi connectivity index (χ4v) is 1.27. The van der Waals surface area contributed by atoms with Crippen LogP contribution in [0.25, 0.3) is 0 Å². The van der Waals surface area contributed by atoms with Gasteiger partial charge in [-0.2, -0.15) is 0 Å². The van der Waals surface area contributed by atoms with E-state index in [2.05, 4.69) is 29.5 Å².